The molecule has 0 saturated heterocycles. The normalized spacial score (nSPS) is 11.0. The maximum absolute atomic E-state index is 12.3. The zero-order valence-corrected chi connectivity index (χ0v) is 15.1. The fraction of sp³-hybridized carbons (Fsp3) is 0.130. The van der Waals surface area contributed by atoms with Crippen molar-refractivity contribution in [2.24, 2.45) is 0 Å². The summed E-state index contributed by atoms with van der Waals surface area (Å²) >= 11 is 0. The molecule has 0 aliphatic carbocycles. The van der Waals surface area contributed by atoms with Gasteiger partial charge in [-0.3, -0.25) is 4.79 Å². The third-order valence-corrected chi connectivity index (χ3v) is 4.29. The van der Waals surface area contributed by atoms with E-state index in [1.165, 1.54) is 0 Å². The van der Waals surface area contributed by atoms with E-state index in [1.54, 1.807) is 13.2 Å². The first-order valence-corrected chi connectivity index (χ1v) is 8.71. The van der Waals surface area contributed by atoms with E-state index in [4.69, 9.17) is 4.74 Å². The summed E-state index contributed by atoms with van der Waals surface area (Å²) in [7, 11) is 1.63. The van der Waals surface area contributed by atoms with Crippen molar-refractivity contribution in [3.63, 3.8) is 0 Å². The molecule has 0 atom stereocenters. The molecule has 4 nitrogen and oxygen atoms in total. The summed E-state index contributed by atoms with van der Waals surface area (Å²) in [5, 5.41) is 14.2. The summed E-state index contributed by atoms with van der Waals surface area (Å²) in [5.41, 5.74) is 2.04. The molecule has 1 N–H and O–H groups in total. The van der Waals surface area contributed by atoms with Crippen molar-refractivity contribution in [2.45, 2.75) is 6.42 Å². The van der Waals surface area contributed by atoms with Crippen LogP contribution in [-0.2, 0) is 11.2 Å². The second kappa shape index (κ2) is 8.68. The average Bonchev–Trinajstić information content (AvgIpc) is 2.72. The van der Waals surface area contributed by atoms with Gasteiger partial charge in [-0.1, -0.05) is 48.5 Å². The number of nitrogens with zero attached hydrogens (tertiary/aromatic N) is 1. The molecule has 0 aliphatic heterocycles. The van der Waals surface area contributed by atoms with E-state index < -0.39 is 0 Å². The van der Waals surface area contributed by atoms with Crippen LogP contribution in [0.4, 0.5) is 0 Å². The Labute approximate surface area is 158 Å². The minimum Gasteiger partial charge on any atom is -0.497 e. The number of benzene rings is 3. The van der Waals surface area contributed by atoms with Crippen molar-refractivity contribution in [3.8, 4) is 11.8 Å². The molecule has 3 aromatic rings. The number of nitriles is 1. The zero-order valence-electron chi connectivity index (χ0n) is 15.1. The fourth-order valence-electron chi connectivity index (χ4n) is 2.83. The molecule has 0 unspecified atom stereocenters. The molecule has 0 radical (unpaired) electrons. The Morgan fingerprint density at radius 3 is 2.56 bits per heavy atom. The molecular weight excluding hydrogens is 336 g/mol. The predicted octanol–water partition coefficient (Wildman–Crippen LogP) is 4.11. The molecule has 0 spiro atoms. The van der Waals surface area contributed by atoms with Gasteiger partial charge in [0.05, 0.1) is 7.11 Å². The summed E-state index contributed by atoms with van der Waals surface area (Å²) in [4.78, 5) is 12.3. The standard InChI is InChI=1S/C23H20N2O2/c1-27-22-10-9-19-13-18(7-8-20(19)15-22)14-21(16-24)23(26)25-12-11-17-5-3-2-4-6-17/h2-10,13-15H,11-12H2,1H3,(H,25,26)/b21-14+. The van der Waals surface area contributed by atoms with Crippen LogP contribution in [0.1, 0.15) is 11.1 Å². The topological polar surface area (TPSA) is 62.1 Å². The van der Waals surface area contributed by atoms with E-state index >= 15 is 0 Å². The van der Waals surface area contributed by atoms with Crippen molar-refractivity contribution in [1.29, 1.82) is 5.26 Å². The van der Waals surface area contributed by atoms with Crippen molar-refractivity contribution >= 4 is 22.8 Å². The van der Waals surface area contributed by atoms with Crippen molar-refractivity contribution in [3.05, 3.63) is 83.4 Å². The van der Waals surface area contributed by atoms with Crippen molar-refractivity contribution < 1.29 is 9.53 Å². The molecule has 4 heteroatoms. The zero-order chi connectivity index (χ0) is 19.1. The lowest BCUT2D eigenvalue weighted by Crippen LogP contribution is -2.26. The predicted molar refractivity (Wildman–Crippen MR) is 107 cm³/mol. The van der Waals surface area contributed by atoms with E-state index in [1.807, 2.05) is 72.8 Å². The van der Waals surface area contributed by atoms with Gasteiger partial charge in [-0.05, 0) is 52.6 Å². The summed E-state index contributed by atoms with van der Waals surface area (Å²) < 4.78 is 5.23. The summed E-state index contributed by atoms with van der Waals surface area (Å²) in [6.07, 6.45) is 2.34. The quantitative estimate of drug-likeness (QED) is 0.534. The van der Waals surface area contributed by atoms with Gasteiger partial charge in [0.15, 0.2) is 0 Å². The SMILES string of the molecule is COc1ccc2cc(/C=C(\C#N)C(=O)NCCc3ccccc3)ccc2c1. The highest BCUT2D eigenvalue weighted by atomic mass is 16.5. The van der Waals surface area contributed by atoms with Gasteiger partial charge in [0.1, 0.15) is 17.4 Å². The molecule has 3 aromatic carbocycles. The van der Waals surface area contributed by atoms with Crippen molar-refractivity contribution in [2.75, 3.05) is 13.7 Å². The van der Waals surface area contributed by atoms with Crippen LogP contribution in [0.15, 0.2) is 72.3 Å². The first-order valence-electron chi connectivity index (χ1n) is 8.71. The van der Waals surface area contributed by atoms with Crippen LogP contribution in [0.3, 0.4) is 0 Å². The number of carbonyl (C=O) groups is 1. The third-order valence-electron chi connectivity index (χ3n) is 4.29. The summed E-state index contributed by atoms with van der Waals surface area (Å²) in [5.74, 6) is 0.435. The Morgan fingerprint density at radius 1 is 1.07 bits per heavy atom. The second-order valence-corrected chi connectivity index (χ2v) is 6.13. The minimum atomic E-state index is -0.358. The van der Waals surface area contributed by atoms with Crippen LogP contribution >= 0.6 is 0 Å². The molecule has 3 rings (SSSR count). The van der Waals surface area contributed by atoms with E-state index in [0.717, 1.165) is 34.1 Å². The lowest BCUT2D eigenvalue weighted by molar-refractivity contribution is -0.117. The van der Waals surface area contributed by atoms with E-state index in [2.05, 4.69) is 5.32 Å². The minimum absolute atomic E-state index is 0.0934. The van der Waals surface area contributed by atoms with E-state index in [0.29, 0.717) is 6.54 Å². The number of methoxy groups -OCH3 is 1. The van der Waals surface area contributed by atoms with Gasteiger partial charge in [-0.2, -0.15) is 5.26 Å². The van der Waals surface area contributed by atoms with Gasteiger partial charge in [-0.25, -0.2) is 0 Å². The molecule has 0 bridgehead atoms. The molecular formula is C23H20N2O2. The van der Waals surface area contributed by atoms with Crippen LogP contribution in [0.25, 0.3) is 16.8 Å². The number of ether oxygens (including phenoxy) is 1. The van der Waals surface area contributed by atoms with Crippen LogP contribution in [0, 0.1) is 11.3 Å². The Balaban J connectivity index is 1.70. The first kappa shape index (κ1) is 18.2. The lowest BCUT2D eigenvalue weighted by atomic mass is 10.0. The number of rotatable bonds is 6. The van der Waals surface area contributed by atoms with E-state index in [-0.39, 0.29) is 11.5 Å². The molecule has 0 aromatic heterocycles. The largest absolute Gasteiger partial charge is 0.497 e. The number of nitrogens with one attached hydrogen (secondary N) is 1. The summed E-state index contributed by atoms with van der Waals surface area (Å²) in [6, 6.07) is 23.5. The monoisotopic (exact) mass is 356 g/mol. The highest BCUT2D eigenvalue weighted by Crippen LogP contribution is 2.22. The number of hydrogen-bond acceptors (Lipinski definition) is 3. The smallest absolute Gasteiger partial charge is 0.261 e. The average molecular weight is 356 g/mol. The molecule has 0 fully saturated rings. The van der Waals surface area contributed by atoms with Crippen LogP contribution in [0.2, 0.25) is 0 Å². The highest BCUT2D eigenvalue weighted by molar-refractivity contribution is 6.02. The molecule has 27 heavy (non-hydrogen) atoms. The number of carbonyl (C=O) groups excluding carboxylic acids is 1. The van der Waals surface area contributed by atoms with Gasteiger partial charge in [-0.15, -0.1) is 0 Å². The van der Waals surface area contributed by atoms with Gasteiger partial charge in [0, 0.05) is 6.54 Å². The lowest BCUT2D eigenvalue weighted by Gasteiger charge is -2.06. The third kappa shape index (κ3) is 4.74. The molecule has 1 amide bonds. The van der Waals surface area contributed by atoms with Gasteiger partial charge < -0.3 is 10.1 Å². The first-order chi connectivity index (χ1) is 13.2. The maximum Gasteiger partial charge on any atom is 0.261 e. The summed E-state index contributed by atoms with van der Waals surface area (Å²) in [6.45, 7) is 0.485. The second-order valence-electron chi connectivity index (χ2n) is 6.13. The Morgan fingerprint density at radius 2 is 1.81 bits per heavy atom. The maximum atomic E-state index is 12.3. The number of hydrogen-bond donors (Lipinski definition) is 1. The van der Waals surface area contributed by atoms with Crippen LogP contribution < -0.4 is 10.1 Å². The number of amides is 1. The van der Waals surface area contributed by atoms with Crippen LogP contribution in [-0.4, -0.2) is 19.6 Å². The molecule has 0 heterocycles. The fourth-order valence-corrected chi connectivity index (χ4v) is 2.83. The van der Waals surface area contributed by atoms with Crippen LogP contribution in [0.5, 0.6) is 5.75 Å². The van der Waals surface area contributed by atoms with E-state index in [9.17, 15) is 10.1 Å². The molecule has 0 saturated carbocycles. The van der Waals surface area contributed by atoms with Crippen molar-refractivity contribution in [1.82, 2.24) is 5.32 Å². The molecule has 0 aliphatic rings. The molecule has 134 valence electrons. The van der Waals surface area contributed by atoms with Gasteiger partial charge in [0.2, 0.25) is 0 Å². The Hall–Kier alpha value is -3.58. The van der Waals surface area contributed by atoms with Gasteiger partial charge in [0.25, 0.3) is 5.91 Å². The Bertz CT molecular complexity index is 1020. The number of fused-ring (bicyclic) bond motifs is 1. The Kier molecular flexibility index (Phi) is 5.86. The highest BCUT2D eigenvalue weighted by Gasteiger charge is 2.09. The van der Waals surface area contributed by atoms with Gasteiger partial charge >= 0.3 is 0 Å².